The Bertz CT molecular complexity index is 286. The molecule has 0 aromatic carbocycles. The van der Waals surface area contributed by atoms with Gasteiger partial charge in [0.05, 0.1) is 12.7 Å². The lowest BCUT2D eigenvalue weighted by Gasteiger charge is -2.10. The van der Waals surface area contributed by atoms with Crippen LogP contribution in [0.25, 0.3) is 0 Å². The Kier molecular flexibility index (Phi) is 5.31. The molecule has 0 aromatic heterocycles. The summed E-state index contributed by atoms with van der Waals surface area (Å²) in [6.07, 6.45) is 0.187. The molecule has 0 aliphatic carbocycles. The quantitative estimate of drug-likeness (QED) is 0.314. The highest BCUT2D eigenvalue weighted by Gasteiger charge is 2.36. The fourth-order valence-corrected chi connectivity index (χ4v) is 0.616. The van der Waals surface area contributed by atoms with E-state index in [4.69, 9.17) is 6.42 Å². The topological polar surface area (TPSA) is 35.5 Å². The average Bonchev–Trinajstić information content (AvgIpc) is 2.10. The van der Waals surface area contributed by atoms with Gasteiger partial charge in [-0.05, 0) is 6.92 Å². The van der Waals surface area contributed by atoms with Gasteiger partial charge in [0.1, 0.15) is 6.61 Å². The van der Waals surface area contributed by atoms with Crippen molar-refractivity contribution in [2.24, 2.45) is 0 Å². The molecule has 0 radical (unpaired) electrons. The van der Waals surface area contributed by atoms with Gasteiger partial charge in [-0.2, -0.15) is 13.2 Å². The molecule has 0 saturated carbocycles. The number of ether oxygens (including phenoxy) is 2. The highest BCUT2D eigenvalue weighted by atomic mass is 19.4. The third-order valence-electron chi connectivity index (χ3n) is 1.13. The third kappa shape index (κ3) is 5.62. The molecule has 15 heavy (non-hydrogen) atoms. The summed E-state index contributed by atoms with van der Waals surface area (Å²) < 4.78 is 45.0. The van der Waals surface area contributed by atoms with Gasteiger partial charge in [0, 0.05) is 0 Å². The number of rotatable bonds is 4. The minimum atomic E-state index is -4.76. The van der Waals surface area contributed by atoms with Crippen LogP contribution in [0.3, 0.4) is 0 Å². The molecule has 0 aromatic rings. The Morgan fingerprint density at radius 2 is 2.07 bits per heavy atom. The molecule has 0 aliphatic rings. The van der Waals surface area contributed by atoms with Crippen molar-refractivity contribution in [2.45, 2.75) is 13.1 Å². The second-order valence-electron chi connectivity index (χ2n) is 2.25. The number of hydrogen-bond acceptors (Lipinski definition) is 3. The van der Waals surface area contributed by atoms with Gasteiger partial charge in [-0.3, -0.25) is 0 Å². The summed E-state index contributed by atoms with van der Waals surface area (Å²) in [5.41, 5.74) is 0. The van der Waals surface area contributed by atoms with Crippen LogP contribution in [0.5, 0.6) is 0 Å². The number of carbonyl (C=O) groups excluding carboxylic acids is 1. The van der Waals surface area contributed by atoms with E-state index in [1.807, 2.05) is 5.92 Å². The second-order valence-corrected chi connectivity index (χ2v) is 2.25. The Balaban J connectivity index is 4.63. The number of allylic oxidation sites excluding steroid dienone is 1. The Morgan fingerprint density at radius 1 is 1.47 bits per heavy atom. The SMILES string of the molecule is C#CCO/C(=C\C(=O)OCC)C(F)(F)F. The van der Waals surface area contributed by atoms with E-state index >= 15 is 0 Å². The van der Waals surface area contributed by atoms with Gasteiger partial charge in [-0.15, -0.1) is 6.42 Å². The molecule has 0 spiro atoms. The lowest BCUT2D eigenvalue weighted by Crippen LogP contribution is -2.17. The minimum Gasteiger partial charge on any atom is -0.476 e. The van der Waals surface area contributed by atoms with Crippen LogP contribution >= 0.6 is 0 Å². The fourth-order valence-electron chi connectivity index (χ4n) is 0.616. The molecular formula is C9H9F3O3. The Labute approximate surface area is 84.9 Å². The molecule has 0 saturated heterocycles. The highest BCUT2D eigenvalue weighted by Crippen LogP contribution is 2.26. The molecule has 0 aliphatic heterocycles. The normalized spacial score (nSPS) is 11.8. The van der Waals surface area contributed by atoms with E-state index in [9.17, 15) is 18.0 Å². The Morgan fingerprint density at radius 3 is 2.47 bits per heavy atom. The number of halogens is 3. The van der Waals surface area contributed by atoms with Crippen LogP contribution in [0.1, 0.15) is 6.92 Å². The summed E-state index contributed by atoms with van der Waals surface area (Å²) in [4.78, 5) is 10.7. The van der Waals surface area contributed by atoms with Gasteiger partial charge >= 0.3 is 12.1 Å². The Hall–Kier alpha value is -1.64. The van der Waals surface area contributed by atoms with E-state index in [1.165, 1.54) is 6.92 Å². The lowest BCUT2D eigenvalue weighted by molar-refractivity contribution is -0.142. The zero-order chi connectivity index (χ0) is 11.9. The van der Waals surface area contributed by atoms with Gasteiger partial charge in [0.2, 0.25) is 5.76 Å². The predicted octanol–water partition coefficient (Wildman–Crippen LogP) is 1.65. The zero-order valence-corrected chi connectivity index (χ0v) is 7.93. The van der Waals surface area contributed by atoms with Crippen molar-refractivity contribution in [3.05, 3.63) is 11.8 Å². The summed E-state index contributed by atoms with van der Waals surface area (Å²) in [5.74, 6) is -0.722. The van der Waals surface area contributed by atoms with Crippen LogP contribution < -0.4 is 0 Å². The standard InChI is InChI=1S/C9H9F3O3/c1-3-5-15-7(9(10,11)12)6-8(13)14-4-2/h1,6H,4-5H2,2H3/b7-6-. The summed E-state index contributed by atoms with van der Waals surface area (Å²) in [6, 6.07) is 0. The zero-order valence-electron chi connectivity index (χ0n) is 7.93. The highest BCUT2D eigenvalue weighted by molar-refractivity contribution is 5.82. The number of alkyl halides is 3. The summed E-state index contributed by atoms with van der Waals surface area (Å²) >= 11 is 0. The van der Waals surface area contributed by atoms with Crippen LogP contribution in [-0.4, -0.2) is 25.4 Å². The van der Waals surface area contributed by atoms with E-state index in [0.717, 1.165) is 0 Å². The van der Waals surface area contributed by atoms with Gasteiger partial charge in [0.25, 0.3) is 0 Å². The maximum absolute atomic E-state index is 12.2. The largest absolute Gasteiger partial charge is 0.476 e. The first-order chi connectivity index (χ1) is 6.91. The van der Waals surface area contributed by atoms with Crippen molar-refractivity contribution >= 4 is 5.97 Å². The van der Waals surface area contributed by atoms with E-state index < -0.39 is 24.5 Å². The fraction of sp³-hybridized carbons (Fsp3) is 0.444. The van der Waals surface area contributed by atoms with Crippen LogP contribution in [0.2, 0.25) is 0 Å². The lowest BCUT2D eigenvalue weighted by atomic mass is 10.4. The maximum atomic E-state index is 12.2. The van der Waals surface area contributed by atoms with Crippen molar-refractivity contribution in [1.82, 2.24) is 0 Å². The van der Waals surface area contributed by atoms with Crippen molar-refractivity contribution in [3.63, 3.8) is 0 Å². The summed E-state index contributed by atoms with van der Waals surface area (Å²) in [6.45, 7) is 0.891. The average molecular weight is 222 g/mol. The van der Waals surface area contributed by atoms with E-state index in [2.05, 4.69) is 9.47 Å². The van der Waals surface area contributed by atoms with Crippen LogP contribution in [-0.2, 0) is 14.3 Å². The van der Waals surface area contributed by atoms with Crippen LogP contribution in [0, 0.1) is 12.3 Å². The summed E-state index contributed by atoms with van der Waals surface area (Å²) in [5, 5.41) is 0. The van der Waals surface area contributed by atoms with Crippen molar-refractivity contribution < 1.29 is 27.4 Å². The number of carbonyl (C=O) groups is 1. The molecule has 84 valence electrons. The van der Waals surface area contributed by atoms with Gasteiger partial charge in [-0.1, -0.05) is 5.92 Å². The van der Waals surface area contributed by atoms with E-state index in [1.54, 1.807) is 0 Å². The van der Waals surface area contributed by atoms with Crippen molar-refractivity contribution in [3.8, 4) is 12.3 Å². The van der Waals surface area contributed by atoms with E-state index in [-0.39, 0.29) is 12.7 Å². The van der Waals surface area contributed by atoms with Crippen LogP contribution in [0.4, 0.5) is 13.2 Å². The molecule has 0 amide bonds. The molecule has 0 bridgehead atoms. The number of terminal acetylenes is 1. The monoisotopic (exact) mass is 222 g/mol. The molecule has 0 unspecified atom stereocenters. The molecule has 0 atom stereocenters. The first kappa shape index (κ1) is 13.4. The maximum Gasteiger partial charge on any atom is 0.449 e. The first-order valence-electron chi connectivity index (χ1n) is 3.93. The molecular weight excluding hydrogens is 213 g/mol. The molecule has 3 nitrogen and oxygen atoms in total. The molecule has 0 heterocycles. The number of esters is 1. The molecule has 6 heteroatoms. The first-order valence-corrected chi connectivity index (χ1v) is 3.93. The minimum absolute atomic E-state index is 0.0182. The summed E-state index contributed by atoms with van der Waals surface area (Å²) in [7, 11) is 0. The van der Waals surface area contributed by atoms with Crippen molar-refractivity contribution in [1.29, 1.82) is 0 Å². The second kappa shape index (κ2) is 5.96. The smallest absolute Gasteiger partial charge is 0.449 e. The molecule has 0 fully saturated rings. The van der Waals surface area contributed by atoms with Gasteiger partial charge in [-0.25, -0.2) is 4.79 Å². The third-order valence-corrected chi connectivity index (χ3v) is 1.13. The van der Waals surface area contributed by atoms with Gasteiger partial charge in [0.15, 0.2) is 0 Å². The molecule has 0 rings (SSSR count). The number of hydrogen-bond donors (Lipinski definition) is 0. The van der Waals surface area contributed by atoms with Gasteiger partial charge < -0.3 is 9.47 Å². The van der Waals surface area contributed by atoms with Crippen molar-refractivity contribution in [2.75, 3.05) is 13.2 Å². The van der Waals surface area contributed by atoms with E-state index in [0.29, 0.717) is 0 Å². The molecule has 0 N–H and O–H groups in total. The van der Waals surface area contributed by atoms with Crippen LogP contribution in [0.15, 0.2) is 11.8 Å². The predicted molar refractivity (Wildman–Crippen MR) is 45.6 cm³/mol.